The van der Waals surface area contributed by atoms with Crippen LogP contribution in [0.15, 0.2) is 0 Å². The van der Waals surface area contributed by atoms with Crippen LogP contribution in [0.25, 0.3) is 0 Å². The van der Waals surface area contributed by atoms with Crippen molar-refractivity contribution < 1.29 is 15.3 Å². The molecule has 0 aromatic carbocycles. The van der Waals surface area contributed by atoms with E-state index in [0.29, 0.717) is 0 Å². The molecule has 0 aromatic heterocycles. The Morgan fingerprint density at radius 2 is 1.69 bits per heavy atom. The van der Waals surface area contributed by atoms with Crippen LogP contribution in [0.4, 0.5) is 0 Å². The van der Waals surface area contributed by atoms with Crippen molar-refractivity contribution in [1.82, 2.24) is 4.90 Å². The molecular formula is C9H19NO3. The molecule has 0 radical (unpaired) electrons. The summed E-state index contributed by atoms with van der Waals surface area (Å²) in [7, 11) is 1.86. The highest BCUT2D eigenvalue weighted by atomic mass is 16.3. The molecule has 5 atom stereocenters. The summed E-state index contributed by atoms with van der Waals surface area (Å²) < 4.78 is 0. The van der Waals surface area contributed by atoms with E-state index in [1.807, 2.05) is 25.8 Å². The summed E-state index contributed by atoms with van der Waals surface area (Å²) in [5.41, 5.74) is 0. The topological polar surface area (TPSA) is 63.9 Å². The number of aliphatic hydroxyl groups is 3. The maximum absolute atomic E-state index is 9.65. The molecule has 0 aliphatic carbocycles. The molecule has 3 unspecified atom stereocenters. The average Bonchev–Trinajstić information content (AvgIpc) is 2.13. The fourth-order valence-corrected chi connectivity index (χ4v) is 1.97. The first kappa shape index (κ1) is 10.9. The lowest BCUT2D eigenvalue weighted by Crippen LogP contribution is -2.62. The van der Waals surface area contributed by atoms with Gasteiger partial charge in [0.2, 0.25) is 0 Å². The van der Waals surface area contributed by atoms with E-state index in [1.54, 1.807) is 0 Å². The summed E-state index contributed by atoms with van der Waals surface area (Å²) in [4.78, 5) is 1.92. The number of nitrogens with zero attached hydrogens (tertiary/aromatic N) is 1. The SMILES string of the molecule is CC1C(O)[C@@H](O)C(CO)N(C)[C@@H]1C. The summed E-state index contributed by atoms with van der Waals surface area (Å²) in [6.45, 7) is 3.77. The van der Waals surface area contributed by atoms with Crippen LogP contribution >= 0.6 is 0 Å². The zero-order chi connectivity index (χ0) is 10.2. The van der Waals surface area contributed by atoms with Crippen LogP contribution in [-0.2, 0) is 0 Å². The minimum Gasteiger partial charge on any atom is -0.395 e. The van der Waals surface area contributed by atoms with Crippen molar-refractivity contribution in [3.63, 3.8) is 0 Å². The lowest BCUT2D eigenvalue weighted by atomic mass is 9.83. The molecule has 1 heterocycles. The number of likely N-dealkylation sites (tertiary alicyclic amines) is 1. The first-order valence-electron chi connectivity index (χ1n) is 4.69. The summed E-state index contributed by atoms with van der Waals surface area (Å²) >= 11 is 0. The summed E-state index contributed by atoms with van der Waals surface area (Å²) in [6, 6.07) is -0.170. The molecule has 4 heteroatoms. The van der Waals surface area contributed by atoms with E-state index in [0.717, 1.165) is 0 Å². The minimum atomic E-state index is -0.846. The molecule has 78 valence electrons. The molecular weight excluding hydrogens is 170 g/mol. The van der Waals surface area contributed by atoms with Gasteiger partial charge in [-0.25, -0.2) is 0 Å². The van der Waals surface area contributed by atoms with Gasteiger partial charge in [-0.2, -0.15) is 0 Å². The van der Waals surface area contributed by atoms with Crippen molar-refractivity contribution in [3.8, 4) is 0 Å². The number of likely N-dealkylation sites (N-methyl/N-ethyl adjacent to an activating group) is 1. The number of aliphatic hydroxyl groups excluding tert-OH is 3. The van der Waals surface area contributed by atoms with E-state index in [1.165, 1.54) is 0 Å². The van der Waals surface area contributed by atoms with Gasteiger partial charge in [-0.05, 0) is 19.9 Å². The summed E-state index contributed by atoms with van der Waals surface area (Å²) in [5, 5.41) is 28.3. The molecule has 1 fully saturated rings. The zero-order valence-corrected chi connectivity index (χ0v) is 8.38. The second-order valence-corrected chi connectivity index (χ2v) is 4.00. The first-order valence-corrected chi connectivity index (χ1v) is 4.69. The van der Waals surface area contributed by atoms with Crippen molar-refractivity contribution >= 4 is 0 Å². The van der Waals surface area contributed by atoms with E-state index in [4.69, 9.17) is 5.11 Å². The fourth-order valence-electron chi connectivity index (χ4n) is 1.97. The largest absolute Gasteiger partial charge is 0.395 e. The number of hydrogen-bond acceptors (Lipinski definition) is 4. The van der Waals surface area contributed by atoms with Crippen LogP contribution in [0.5, 0.6) is 0 Å². The van der Waals surface area contributed by atoms with Crippen LogP contribution in [0.3, 0.4) is 0 Å². The molecule has 1 aliphatic heterocycles. The van der Waals surface area contributed by atoms with E-state index < -0.39 is 12.2 Å². The lowest BCUT2D eigenvalue weighted by Gasteiger charge is -2.46. The van der Waals surface area contributed by atoms with Crippen LogP contribution in [0.1, 0.15) is 13.8 Å². The molecule has 0 spiro atoms. The van der Waals surface area contributed by atoms with Crippen molar-refractivity contribution in [2.45, 2.75) is 38.1 Å². The Labute approximate surface area is 78.8 Å². The predicted molar refractivity (Wildman–Crippen MR) is 49.3 cm³/mol. The van der Waals surface area contributed by atoms with Crippen molar-refractivity contribution in [2.75, 3.05) is 13.7 Å². The smallest absolute Gasteiger partial charge is 0.0979 e. The molecule has 0 bridgehead atoms. The molecule has 0 saturated carbocycles. The van der Waals surface area contributed by atoms with Gasteiger partial charge in [-0.15, -0.1) is 0 Å². The first-order chi connectivity index (χ1) is 6.00. The van der Waals surface area contributed by atoms with Gasteiger partial charge in [0.05, 0.1) is 24.9 Å². The molecule has 1 saturated heterocycles. The molecule has 1 rings (SSSR count). The van der Waals surface area contributed by atoms with Crippen LogP contribution < -0.4 is 0 Å². The number of rotatable bonds is 1. The Morgan fingerprint density at radius 3 is 2.15 bits per heavy atom. The van der Waals surface area contributed by atoms with Gasteiger partial charge in [0.25, 0.3) is 0 Å². The summed E-state index contributed by atoms with van der Waals surface area (Å²) in [6.07, 6.45) is -1.58. The third kappa shape index (κ3) is 1.72. The number of hydrogen-bond donors (Lipinski definition) is 3. The van der Waals surface area contributed by atoms with Gasteiger partial charge >= 0.3 is 0 Å². The molecule has 3 N–H and O–H groups in total. The highest BCUT2D eigenvalue weighted by Gasteiger charge is 2.42. The molecule has 1 aliphatic rings. The second-order valence-electron chi connectivity index (χ2n) is 4.00. The Hall–Kier alpha value is -0.160. The van der Waals surface area contributed by atoms with Crippen molar-refractivity contribution in [2.24, 2.45) is 5.92 Å². The lowest BCUT2D eigenvalue weighted by molar-refractivity contribution is -0.128. The third-order valence-corrected chi connectivity index (χ3v) is 3.40. The van der Waals surface area contributed by atoms with Gasteiger partial charge < -0.3 is 15.3 Å². The molecule has 0 aromatic rings. The average molecular weight is 189 g/mol. The standard InChI is InChI=1S/C9H19NO3/c1-5-6(2)10(3)7(4-11)9(13)8(5)12/h5-9,11-13H,4H2,1-3H3/t5?,6-,7?,8?,9+/m1/s1. The number of piperidine rings is 1. The van der Waals surface area contributed by atoms with Crippen molar-refractivity contribution in [1.29, 1.82) is 0 Å². The monoisotopic (exact) mass is 189 g/mol. The fraction of sp³-hybridized carbons (Fsp3) is 1.00. The van der Waals surface area contributed by atoms with E-state index in [9.17, 15) is 10.2 Å². The summed E-state index contributed by atoms with van der Waals surface area (Å²) in [5.74, 6) is 0.0304. The van der Waals surface area contributed by atoms with Gasteiger partial charge in [0.15, 0.2) is 0 Å². The van der Waals surface area contributed by atoms with Gasteiger partial charge in [0.1, 0.15) is 0 Å². The molecule has 0 amide bonds. The normalized spacial score (nSPS) is 48.0. The second kappa shape index (κ2) is 3.92. The maximum Gasteiger partial charge on any atom is 0.0979 e. The Kier molecular flexibility index (Phi) is 3.29. The van der Waals surface area contributed by atoms with Gasteiger partial charge in [-0.1, -0.05) is 6.92 Å². The maximum atomic E-state index is 9.65. The van der Waals surface area contributed by atoms with E-state index in [-0.39, 0.29) is 24.6 Å². The third-order valence-electron chi connectivity index (χ3n) is 3.40. The van der Waals surface area contributed by atoms with Crippen molar-refractivity contribution in [3.05, 3.63) is 0 Å². The Balaban J connectivity index is 2.79. The van der Waals surface area contributed by atoms with E-state index in [2.05, 4.69) is 0 Å². The Morgan fingerprint density at radius 1 is 1.15 bits per heavy atom. The zero-order valence-electron chi connectivity index (χ0n) is 8.38. The highest BCUT2D eigenvalue weighted by molar-refractivity contribution is 4.95. The minimum absolute atomic E-state index is 0.0304. The van der Waals surface area contributed by atoms with E-state index >= 15 is 0 Å². The van der Waals surface area contributed by atoms with Gasteiger partial charge in [0, 0.05) is 6.04 Å². The van der Waals surface area contributed by atoms with Gasteiger partial charge in [-0.3, -0.25) is 4.90 Å². The van der Waals surface area contributed by atoms with Crippen LogP contribution in [0.2, 0.25) is 0 Å². The quantitative estimate of drug-likeness (QED) is 0.497. The Bertz CT molecular complexity index is 160. The molecule has 13 heavy (non-hydrogen) atoms. The highest BCUT2D eigenvalue weighted by Crippen LogP contribution is 2.26. The van der Waals surface area contributed by atoms with Crippen LogP contribution in [0, 0.1) is 5.92 Å². The molecule has 4 nitrogen and oxygen atoms in total. The van der Waals surface area contributed by atoms with Crippen LogP contribution in [-0.4, -0.2) is 58.2 Å². The predicted octanol–water partition coefficient (Wildman–Crippen LogP) is -0.961.